The van der Waals surface area contributed by atoms with E-state index < -0.39 is 0 Å². The van der Waals surface area contributed by atoms with Crippen LogP contribution in [0, 0.1) is 16.7 Å². The molecule has 1 aromatic carbocycles. The van der Waals surface area contributed by atoms with Crippen molar-refractivity contribution in [2.24, 2.45) is 17.1 Å². The van der Waals surface area contributed by atoms with Crippen molar-refractivity contribution in [2.45, 2.75) is 33.6 Å². The van der Waals surface area contributed by atoms with Gasteiger partial charge in [-0.25, -0.2) is 0 Å². The zero-order chi connectivity index (χ0) is 14.0. The van der Waals surface area contributed by atoms with Crippen molar-refractivity contribution < 1.29 is 0 Å². The van der Waals surface area contributed by atoms with E-state index in [1.54, 1.807) is 0 Å². The number of nitrogens with two attached hydrogens (primary N) is 1. The lowest BCUT2D eigenvalue weighted by Gasteiger charge is -2.39. The van der Waals surface area contributed by atoms with Gasteiger partial charge >= 0.3 is 0 Å². The van der Waals surface area contributed by atoms with Crippen LogP contribution in [0.3, 0.4) is 0 Å². The summed E-state index contributed by atoms with van der Waals surface area (Å²) in [4.78, 5) is 2.44. The Hall–Kier alpha value is -1.51. The van der Waals surface area contributed by atoms with E-state index in [0.717, 1.165) is 24.6 Å². The first-order valence-corrected chi connectivity index (χ1v) is 7.07. The molecule has 0 radical (unpaired) electrons. The summed E-state index contributed by atoms with van der Waals surface area (Å²) in [5, 5.41) is 7.41. The molecule has 1 aliphatic heterocycles. The number of nitrogens with zero attached hydrogens (tertiary/aromatic N) is 1. The van der Waals surface area contributed by atoms with Crippen LogP contribution in [-0.4, -0.2) is 18.9 Å². The van der Waals surface area contributed by atoms with Crippen LogP contribution in [0.4, 0.5) is 5.69 Å². The van der Waals surface area contributed by atoms with E-state index in [2.05, 4.69) is 37.8 Å². The van der Waals surface area contributed by atoms with E-state index >= 15 is 0 Å². The van der Waals surface area contributed by atoms with Crippen LogP contribution in [0.2, 0.25) is 0 Å². The third-order valence-corrected chi connectivity index (χ3v) is 4.26. The molecule has 0 bridgehead atoms. The number of amidine groups is 1. The smallest absolute Gasteiger partial charge is 0.122 e. The molecule has 0 aliphatic carbocycles. The molecule has 2 rings (SSSR count). The fourth-order valence-electron chi connectivity index (χ4n) is 2.86. The highest BCUT2D eigenvalue weighted by molar-refractivity contribution is 5.95. The van der Waals surface area contributed by atoms with Gasteiger partial charge in [-0.1, -0.05) is 20.8 Å². The second-order valence-electron chi connectivity index (χ2n) is 6.59. The van der Waals surface area contributed by atoms with E-state index in [0.29, 0.717) is 5.41 Å². The average molecular weight is 259 g/mol. The minimum atomic E-state index is 0.137. The summed E-state index contributed by atoms with van der Waals surface area (Å²) < 4.78 is 0. The van der Waals surface area contributed by atoms with Crippen LogP contribution in [0.25, 0.3) is 0 Å². The van der Waals surface area contributed by atoms with Crippen molar-refractivity contribution in [3.05, 3.63) is 29.8 Å². The molecule has 0 aromatic heterocycles. The Kier molecular flexibility index (Phi) is 3.83. The van der Waals surface area contributed by atoms with Crippen molar-refractivity contribution in [1.29, 1.82) is 5.41 Å². The van der Waals surface area contributed by atoms with E-state index in [1.165, 1.54) is 18.5 Å². The molecule has 104 valence electrons. The Labute approximate surface area is 116 Å². The molecule has 1 aliphatic rings. The molecule has 1 fully saturated rings. The van der Waals surface area contributed by atoms with Crippen LogP contribution in [0.15, 0.2) is 24.3 Å². The van der Waals surface area contributed by atoms with E-state index in [9.17, 15) is 0 Å². The number of hydrogen-bond acceptors (Lipinski definition) is 2. The van der Waals surface area contributed by atoms with Gasteiger partial charge in [-0.15, -0.1) is 0 Å². The summed E-state index contributed by atoms with van der Waals surface area (Å²) in [6.45, 7) is 9.28. The predicted octanol–water partition coefficient (Wildman–Crippen LogP) is 3.23. The number of piperidine rings is 1. The molecule has 1 heterocycles. The van der Waals surface area contributed by atoms with Crippen LogP contribution < -0.4 is 10.6 Å². The first-order valence-electron chi connectivity index (χ1n) is 7.07. The standard InChI is InChI=1S/C16H25N3/c1-16(2,3)13-8-10-19(11-9-13)14-6-4-12(5-7-14)15(17)18/h4-7,13H,8-11H2,1-3H3,(H3,17,18). The molecule has 3 nitrogen and oxygen atoms in total. The lowest BCUT2D eigenvalue weighted by Crippen LogP contribution is -2.38. The van der Waals surface area contributed by atoms with Gasteiger partial charge in [0.1, 0.15) is 5.84 Å². The third kappa shape index (κ3) is 3.28. The Morgan fingerprint density at radius 2 is 1.68 bits per heavy atom. The summed E-state index contributed by atoms with van der Waals surface area (Å²) in [5.74, 6) is 0.957. The normalized spacial score (nSPS) is 17.5. The summed E-state index contributed by atoms with van der Waals surface area (Å²) in [6.07, 6.45) is 2.52. The largest absolute Gasteiger partial charge is 0.384 e. The van der Waals surface area contributed by atoms with Crippen molar-refractivity contribution >= 4 is 11.5 Å². The molecule has 3 N–H and O–H groups in total. The fourth-order valence-corrected chi connectivity index (χ4v) is 2.86. The van der Waals surface area contributed by atoms with Gasteiger partial charge in [0, 0.05) is 24.3 Å². The number of anilines is 1. The van der Waals surface area contributed by atoms with Crippen LogP contribution in [-0.2, 0) is 0 Å². The predicted molar refractivity (Wildman–Crippen MR) is 81.9 cm³/mol. The first-order chi connectivity index (χ1) is 8.88. The van der Waals surface area contributed by atoms with Crippen LogP contribution in [0.1, 0.15) is 39.2 Å². The van der Waals surface area contributed by atoms with E-state index in [-0.39, 0.29) is 5.84 Å². The molecular formula is C16H25N3. The fraction of sp³-hybridized carbons (Fsp3) is 0.562. The highest BCUT2D eigenvalue weighted by Crippen LogP contribution is 2.35. The van der Waals surface area contributed by atoms with Gasteiger partial charge in [-0.2, -0.15) is 0 Å². The Bertz CT molecular complexity index is 434. The summed E-state index contributed by atoms with van der Waals surface area (Å²) in [7, 11) is 0. The minimum Gasteiger partial charge on any atom is -0.384 e. The average Bonchev–Trinajstić information content (AvgIpc) is 2.38. The molecule has 0 unspecified atom stereocenters. The number of benzene rings is 1. The van der Waals surface area contributed by atoms with Crippen molar-refractivity contribution in [2.75, 3.05) is 18.0 Å². The minimum absolute atomic E-state index is 0.137. The molecule has 1 saturated heterocycles. The summed E-state index contributed by atoms with van der Waals surface area (Å²) >= 11 is 0. The molecule has 0 atom stereocenters. The van der Waals surface area contributed by atoms with Crippen molar-refractivity contribution in [3.8, 4) is 0 Å². The quantitative estimate of drug-likeness (QED) is 0.633. The summed E-state index contributed by atoms with van der Waals surface area (Å²) in [6, 6.07) is 8.03. The lowest BCUT2D eigenvalue weighted by molar-refractivity contribution is 0.199. The molecule has 0 saturated carbocycles. The first kappa shape index (κ1) is 13.9. The zero-order valence-electron chi connectivity index (χ0n) is 12.2. The number of nitrogens with one attached hydrogen (secondary N) is 1. The van der Waals surface area contributed by atoms with Crippen LogP contribution >= 0.6 is 0 Å². The topological polar surface area (TPSA) is 53.1 Å². The third-order valence-electron chi connectivity index (χ3n) is 4.26. The number of nitrogen functional groups attached to an aromatic ring is 1. The monoisotopic (exact) mass is 259 g/mol. The second kappa shape index (κ2) is 5.24. The van der Waals surface area contributed by atoms with Crippen LogP contribution in [0.5, 0.6) is 0 Å². The maximum absolute atomic E-state index is 7.41. The highest BCUT2D eigenvalue weighted by atomic mass is 15.1. The molecule has 0 amide bonds. The van der Waals surface area contributed by atoms with Gasteiger partial charge in [0.15, 0.2) is 0 Å². The molecule has 3 heteroatoms. The Morgan fingerprint density at radius 1 is 1.16 bits per heavy atom. The number of hydrogen-bond donors (Lipinski definition) is 2. The van der Waals surface area contributed by atoms with Gasteiger partial charge in [0.2, 0.25) is 0 Å². The van der Waals surface area contributed by atoms with Crippen molar-refractivity contribution in [3.63, 3.8) is 0 Å². The van der Waals surface area contributed by atoms with E-state index in [4.69, 9.17) is 11.1 Å². The van der Waals surface area contributed by atoms with Gasteiger partial charge in [-0.05, 0) is 48.4 Å². The maximum Gasteiger partial charge on any atom is 0.122 e. The van der Waals surface area contributed by atoms with E-state index in [1.807, 2.05) is 12.1 Å². The summed E-state index contributed by atoms with van der Waals surface area (Å²) in [5.41, 5.74) is 7.95. The van der Waals surface area contributed by atoms with Gasteiger partial charge in [0.05, 0.1) is 0 Å². The lowest BCUT2D eigenvalue weighted by atomic mass is 9.75. The molecule has 19 heavy (non-hydrogen) atoms. The Morgan fingerprint density at radius 3 is 2.11 bits per heavy atom. The maximum atomic E-state index is 7.41. The SMILES string of the molecule is CC(C)(C)C1CCN(c2ccc(C(=N)N)cc2)CC1. The highest BCUT2D eigenvalue weighted by Gasteiger charge is 2.28. The van der Waals surface area contributed by atoms with Gasteiger partial charge in [0.25, 0.3) is 0 Å². The van der Waals surface area contributed by atoms with Gasteiger partial charge in [-0.3, -0.25) is 5.41 Å². The Balaban J connectivity index is 2.00. The second-order valence-corrected chi connectivity index (χ2v) is 6.59. The van der Waals surface area contributed by atoms with Gasteiger partial charge < -0.3 is 10.6 Å². The molecule has 0 spiro atoms. The van der Waals surface area contributed by atoms with Crippen molar-refractivity contribution in [1.82, 2.24) is 0 Å². The number of rotatable bonds is 2. The zero-order valence-corrected chi connectivity index (χ0v) is 12.2. The molecular weight excluding hydrogens is 234 g/mol. The molecule has 1 aromatic rings.